The van der Waals surface area contributed by atoms with E-state index in [2.05, 4.69) is 10.6 Å². The highest BCUT2D eigenvalue weighted by atomic mass is 16.3. The summed E-state index contributed by atoms with van der Waals surface area (Å²) >= 11 is 0. The molecule has 1 amide bonds. The first-order valence-corrected chi connectivity index (χ1v) is 5.15. The molecular formula is C10H22N2O2. The lowest BCUT2D eigenvalue weighted by molar-refractivity contribution is -0.122. The molecule has 0 bridgehead atoms. The van der Waals surface area contributed by atoms with E-state index in [0.29, 0.717) is 25.9 Å². The number of amides is 1. The van der Waals surface area contributed by atoms with Crippen LogP contribution in [0.15, 0.2) is 0 Å². The van der Waals surface area contributed by atoms with Gasteiger partial charge >= 0.3 is 0 Å². The van der Waals surface area contributed by atoms with Crippen LogP contribution >= 0.6 is 0 Å². The molecule has 1 unspecified atom stereocenters. The lowest BCUT2D eigenvalue weighted by atomic mass is 10.0. The van der Waals surface area contributed by atoms with Crippen LogP contribution in [0, 0.1) is 0 Å². The molecule has 0 aromatic rings. The second-order valence-electron chi connectivity index (χ2n) is 3.88. The van der Waals surface area contributed by atoms with E-state index in [4.69, 9.17) is 0 Å². The predicted molar refractivity (Wildman–Crippen MR) is 57.1 cm³/mol. The van der Waals surface area contributed by atoms with Crippen LogP contribution in [0.5, 0.6) is 0 Å². The third-order valence-electron chi connectivity index (χ3n) is 2.06. The Morgan fingerprint density at radius 1 is 1.50 bits per heavy atom. The average molecular weight is 202 g/mol. The van der Waals surface area contributed by atoms with Crippen molar-refractivity contribution >= 4 is 5.91 Å². The third kappa shape index (κ3) is 6.86. The molecule has 1 atom stereocenters. The molecule has 0 aliphatic carbocycles. The smallest absolute Gasteiger partial charge is 0.221 e. The first kappa shape index (κ1) is 13.4. The van der Waals surface area contributed by atoms with Gasteiger partial charge in [0.25, 0.3) is 0 Å². The molecular weight excluding hydrogens is 180 g/mol. The summed E-state index contributed by atoms with van der Waals surface area (Å²) < 4.78 is 0. The van der Waals surface area contributed by atoms with E-state index in [-0.39, 0.29) is 5.91 Å². The summed E-state index contributed by atoms with van der Waals surface area (Å²) in [5.74, 6) is -0.0178. The van der Waals surface area contributed by atoms with Crippen molar-refractivity contribution in [1.82, 2.24) is 10.6 Å². The van der Waals surface area contributed by atoms with Crippen LogP contribution in [0.25, 0.3) is 0 Å². The molecule has 0 saturated heterocycles. The summed E-state index contributed by atoms with van der Waals surface area (Å²) in [5.41, 5.74) is -0.774. The second-order valence-corrected chi connectivity index (χ2v) is 3.88. The lowest BCUT2D eigenvalue weighted by Crippen LogP contribution is -2.41. The van der Waals surface area contributed by atoms with Crippen molar-refractivity contribution in [3.8, 4) is 0 Å². The fourth-order valence-corrected chi connectivity index (χ4v) is 1.24. The molecule has 84 valence electrons. The Labute approximate surface area is 86.1 Å². The minimum Gasteiger partial charge on any atom is -0.388 e. The summed E-state index contributed by atoms with van der Waals surface area (Å²) in [6.45, 7) is 4.76. The molecule has 4 nitrogen and oxygen atoms in total. The van der Waals surface area contributed by atoms with Crippen molar-refractivity contribution in [2.45, 2.75) is 38.7 Å². The van der Waals surface area contributed by atoms with Crippen LogP contribution in [-0.2, 0) is 4.79 Å². The molecule has 0 fully saturated rings. The van der Waals surface area contributed by atoms with E-state index >= 15 is 0 Å². The van der Waals surface area contributed by atoms with Crippen molar-refractivity contribution in [2.24, 2.45) is 0 Å². The van der Waals surface area contributed by atoms with E-state index < -0.39 is 5.60 Å². The maximum Gasteiger partial charge on any atom is 0.221 e. The van der Waals surface area contributed by atoms with Crippen LogP contribution in [0.2, 0.25) is 0 Å². The van der Waals surface area contributed by atoms with Gasteiger partial charge in [-0.25, -0.2) is 0 Å². The van der Waals surface area contributed by atoms with Crippen molar-refractivity contribution in [3.05, 3.63) is 0 Å². The van der Waals surface area contributed by atoms with Crippen molar-refractivity contribution in [3.63, 3.8) is 0 Å². The van der Waals surface area contributed by atoms with E-state index in [1.807, 2.05) is 6.92 Å². The minimum atomic E-state index is -0.774. The fraction of sp³-hybridized carbons (Fsp3) is 0.900. The summed E-state index contributed by atoms with van der Waals surface area (Å²) in [6, 6.07) is 0. The maximum atomic E-state index is 11.2. The van der Waals surface area contributed by atoms with E-state index in [1.165, 1.54) is 0 Å². The Morgan fingerprint density at radius 3 is 2.64 bits per heavy atom. The van der Waals surface area contributed by atoms with Gasteiger partial charge in [-0.3, -0.25) is 4.79 Å². The summed E-state index contributed by atoms with van der Waals surface area (Å²) in [6.07, 6.45) is 2.08. The van der Waals surface area contributed by atoms with E-state index in [9.17, 15) is 9.90 Å². The topological polar surface area (TPSA) is 61.4 Å². The number of hydrogen-bond acceptors (Lipinski definition) is 3. The summed E-state index contributed by atoms with van der Waals surface area (Å²) in [7, 11) is 1.81. The SMILES string of the molecule is CCCC(C)(O)CNC(=O)CCNC. The lowest BCUT2D eigenvalue weighted by Gasteiger charge is -2.22. The van der Waals surface area contributed by atoms with Crippen LogP contribution in [-0.4, -0.2) is 36.8 Å². The highest BCUT2D eigenvalue weighted by Gasteiger charge is 2.19. The zero-order valence-corrected chi connectivity index (χ0v) is 9.39. The van der Waals surface area contributed by atoms with Gasteiger partial charge in [-0.1, -0.05) is 13.3 Å². The van der Waals surface area contributed by atoms with Gasteiger partial charge in [0.15, 0.2) is 0 Å². The van der Waals surface area contributed by atoms with Crippen molar-refractivity contribution < 1.29 is 9.90 Å². The molecule has 0 aliphatic rings. The van der Waals surface area contributed by atoms with E-state index in [0.717, 1.165) is 6.42 Å². The molecule has 0 aromatic heterocycles. The van der Waals surface area contributed by atoms with Crippen molar-refractivity contribution in [1.29, 1.82) is 0 Å². The molecule has 0 radical (unpaired) electrons. The van der Waals surface area contributed by atoms with Gasteiger partial charge in [0.05, 0.1) is 5.60 Å². The summed E-state index contributed by atoms with van der Waals surface area (Å²) in [4.78, 5) is 11.2. The quantitative estimate of drug-likeness (QED) is 0.555. The molecule has 0 rings (SSSR count). The van der Waals surface area contributed by atoms with Gasteiger partial charge in [-0.15, -0.1) is 0 Å². The first-order chi connectivity index (χ1) is 6.52. The Hall–Kier alpha value is -0.610. The maximum absolute atomic E-state index is 11.2. The number of carbonyl (C=O) groups is 1. The fourth-order valence-electron chi connectivity index (χ4n) is 1.24. The molecule has 0 aliphatic heterocycles. The molecule has 0 spiro atoms. The van der Waals surface area contributed by atoms with Crippen LogP contribution in [0.3, 0.4) is 0 Å². The van der Waals surface area contributed by atoms with Crippen LogP contribution < -0.4 is 10.6 Å². The van der Waals surface area contributed by atoms with Gasteiger partial charge in [0.1, 0.15) is 0 Å². The zero-order valence-electron chi connectivity index (χ0n) is 9.39. The Bertz CT molecular complexity index is 170. The monoisotopic (exact) mass is 202 g/mol. The number of hydrogen-bond donors (Lipinski definition) is 3. The van der Waals surface area contributed by atoms with Gasteiger partial charge < -0.3 is 15.7 Å². The highest BCUT2D eigenvalue weighted by molar-refractivity contribution is 5.76. The molecule has 0 aromatic carbocycles. The average Bonchev–Trinajstić information content (AvgIpc) is 2.11. The Kier molecular flexibility index (Phi) is 6.49. The zero-order chi connectivity index (χ0) is 11.0. The number of rotatable bonds is 7. The standard InChI is InChI=1S/C10H22N2O2/c1-4-6-10(2,14)8-12-9(13)5-7-11-3/h11,14H,4-8H2,1-3H3,(H,12,13). The normalized spacial score (nSPS) is 14.9. The van der Waals surface area contributed by atoms with Crippen LogP contribution in [0.1, 0.15) is 33.1 Å². The molecule has 0 saturated carbocycles. The van der Waals surface area contributed by atoms with Gasteiger partial charge in [-0.2, -0.15) is 0 Å². The Balaban J connectivity index is 3.64. The number of carbonyl (C=O) groups excluding carboxylic acids is 1. The van der Waals surface area contributed by atoms with Gasteiger partial charge in [0.2, 0.25) is 5.91 Å². The molecule has 3 N–H and O–H groups in total. The molecule has 14 heavy (non-hydrogen) atoms. The number of nitrogens with one attached hydrogen (secondary N) is 2. The largest absolute Gasteiger partial charge is 0.388 e. The highest BCUT2D eigenvalue weighted by Crippen LogP contribution is 2.09. The Morgan fingerprint density at radius 2 is 2.14 bits per heavy atom. The molecule has 4 heteroatoms. The first-order valence-electron chi connectivity index (χ1n) is 5.15. The van der Waals surface area contributed by atoms with Crippen LogP contribution in [0.4, 0.5) is 0 Å². The summed E-state index contributed by atoms with van der Waals surface area (Å²) in [5, 5.41) is 15.4. The predicted octanol–water partition coefficient (Wildman–Crippen LogP) is 0.263. The third-order valence-corrected chi connectivity index (χ3v) is 2.06. The number of aliphatic hydroxyl groups is 1. The minimum absolute atomic E-state index is 0.0178. The second kappa shape index (κ2) is 6.79. The van der Waals surface area contributed by atoms with Crippen molar-refractivity contribution in [2.75, 3.05) is 20.1 Å². The van der Waals surface area contributed by atoms with Gasteiger partial charge in [-0.05, 0) is 20.4 Å². The molecule has 0 heterocycles. The van der Waals surface area contributed by atoms with E-state index in [1.54, 1.807) is 14.0 Å². The van der Waals surface area contributed by atoms with Gasteiger partial charge in [0, 0.05) is 19.5 Å².